The molecule has 0 heterocycles. The Balaban J connectivity index is 1.74. The van der Waals surface area contributed by atoms with Crippen LogP contribution in [0.25, 0.3) is 0 Å². The summed E-state index contributed by atoms with van der Waals surface area (Å²) in [7, 11) is 0. The van der Waals surface area contributed by atoms with Gasteiger partial charge in [-0.1, -0.05) is 33.1 Å². The van der Waals surface area contributed by atoms with Crippen LogP contribution in [0.4, 0.5) is 0 Å². The van der Waals surface area contributed by atoms with Crippen molar-refractivity contribution in [3.8, 4) is 0 Å². The number of hydrogen-bond donors (Lipinski definition) is 0. The lowest BCUT2D eigenvalue weighted by Gasteiger charge is -2.51. The van der Waals surface area contributed by atoms with Crippen molar-refractivity contribution in [1.29, 1.82) is 0 Å². The molecule has 3 rings (SSSR count). The highest BCUT2D eigenvalue weighted by molar-refractivity contribution is 4.94. The molecule has 6 atom stereocenters. The summed E-state index contributed by atoms with van der Waals surface area (Å²) in [6.07, 6.45) is 12.4. The summed E-state index contributed by atoms with van der Waals surface area (Å²) in [6, 6.07) is 0. The van der Waals surface area contributed by atoms with Crippen molar-refractivity contribution in [2.75, 3.05) is 0 Å². The molecule has 3 aliphatic rings. The summed E-state index contributed by atoms with van der Waals surface area (Å²) in [5.74, 6) is 6.57. The van der Waals surface area contributed by atoms with Crippen LogP contribution in [-0.2, 0) is 0 Å². The molecule has 16 heavy (non-hydrogen) atoms. The summed E-state index contributed by atoms with van der Waals surface area (Å²) < 4.78 is 0. The molecule has 0 amide bonds. The Kier molecular flexibility index (Phi) is 3.02. The second kappa shape index (κ2) is 4.35. The molecular formula is C16H28. The zero-order valence-corrected chi connectivity index (χ0v) is 11.1. The fourth-order valence-corrected chi connectivity index (χ4v) is 5.38. The van der Waals surface area contributed by atoms with Crippen molar-refractivity contribution in [3.05, 3.63) is 0 Å². The molecule has 0 bridgehead atoms. The highest BCUT2D eigenvalue weighted by Crippen LogP contribution is 2.53. The van der Waals surface area contributed by atoms with E-state index in [1.54, 1.807) is 32.1 Å². The first-order valence-corrected chi connectivity index (χ1v) is 7.75. The molecule has 0 N–H and O–H groups in total. The predicted octanol–water partition coefficient (Wildman–Crippen LogP) is 4.89. The SMILES string of the molecule is CC1CCC2C(CCC3C2CCC[C@@H]3C)C1. The third-order valence-electron chi connectivity index (χ3n) is 6.20. The monoisotopic (exact) mass is 220 g/mol. The first kappa shape index (κ1) is 11.1. The zero-order valence-electron chi connectivity index (χ0n) is 11.1. The molecule has 3 fully saturated rings. The third-order valence-corrected chi connectivity index (χ3v) is 6.20. The maximum Gasteiger partial charge on any atom is -0.0352 e. The third kappa shape index (κ3) is 1.83. The highest BCUT2D eigenvalue weighted by Gasteiger charge is 2.44. The van der Waals surface area contributed by atoms with E-state index in [0.717, 1.165) is 35.5 Å². The maximum atomic E-state index is 2.53. The van der Waals surface area contributed by atoms with Gasteiger partial charge in [-0.15, -0.1) is 0 Å². The number of rotatable bonds is 0. The Morgan fingerprint density at radius 3 is 2.38 bits per heavy atom. The Hall–Kier alpha value is 0. The minimum absolute atomic E-state index is 1.03. The molecule has 0 aromatic heterocycles. The second-order valence-electron chi connectivity index (χ2n) is 7.16. The Labute approximate surface area is 101 Å². The first-order valence-electron chi connectivity index (χ1n) is 7.75. The van der Waals surface area contributed by atoms with Crippen molar-refractivity contribution >= 4 is 0 Å². The fraction of sp³-hybridized carbons (Fsp3) is 1.00. The molecule has 0 saturated heterocycles. The van der Waals surface area contributed by atoms with Crippen molar-refractivity contribution in [2.24, 2.45) is 35.5 Å². The van der Waals surface area contributed by atoms with E-state index in [-0.39, 0.29) is 0 Å². The normalized spacial score (nSPS) is 52.9. The Bertz CT molecular complexity index is 244. The van der Waals surface area contributed by atoms with Gasteiger partial charge in [-0.05, 0) is 67.6 Å². The molecular weight excluding hydrogens is 192 g/mol. The topological polar surface area (TPSA) is 0 Å². The van der Waals surface area contributed by atoms with Crippen LogP contribution in [-0.4, -0.2) is 0 Å². The fourth-order valence-electron chi connectivity index (χ4n) is 5.38. The standard InChI is InChI=1S/C16H28/c1-11-6-8-15-13(10-11)7-9-14-12(2)4-3-5-16(14)15/h11-16H,3-10H2,1-2H3/t11?,12-,13?,14?,15?,16?/m0/s1. The lowest BCUT2D eigenvalue weighted by Crippen LogP contribution is -2.42. The first-order chi connectivity index (χ1) is 7.75. The minimum atomic E-state index is 1.03. The highest BCUT2D eigenvalue weighted by atomic mass is 14.5. The van der Waals surface area contributed by atoms with Gasteiger partial charge in [0.2, 0.25) is 0 Å². The molecule has 0 heteroatoms. The van der Waals surface area contributed by atoms with E-state index in [1.165, 1.54) is 19.3 Å². The van der Waals surface area contributed by atoms with E-state index >= 15 is 0 Å². The van der Waals surface area contributed by atoms with Gasteiger partial charge in [-0.3, -0.25) is 0 Å². The van der Waals surface area contributed by atoms with E-state index in [0.29, 0.717) is 0 Å². The van der Waals surface area contributed by atoms with E-state index in [4.69, 9.17) is 0 Å². The van der Waals surface area contributed by atoms with Gasteiger partial charge in [0, 0.05) is 0 Å². The molecule has 0 aromatic rings. The molecule has 0 aromatic carbocycles. The van der Waals surface area contributed by atoms with E-state index < -0.39 is 0 Å². The lowest BCUT2D eigenvalue weighted by molar-refractivity contribution is -0.00903. The van der Waals surface area contributed by atoms with Gasteiger partial charge in [-0.2, -0.15) is 0 Å². The molecule has 92 valence electrons. The van der Waals surface area contributed by atoms with E-state index in [1.807, 2.05) is 0 Å². The van der Waals surface area contributed by atoms with Gasteiger partial charge < -0.3 is 0 Å². The van der Waals surface area contributed by atoms with Crippen LogP contribution in [0.2, 0.25) is 0 Å². The zero-order chi connectivity index (χ0) is 11.1. The van der Waals surface area contributed by atoms with Gasteiger partial charge >= 0.3 is 0 Å². The second-order valence-corrected chi connectivity index (χ2v) is 7.16. The van der Waals surface area contributed by atoms with Gasteiger partial charge in [-0.25, -0.2) is 0 Å². The average Bonchev–Trinajstić information content (AvgIpc) is 2.28. The van der Waals surface area contributed by atoms with Crippen LogP contribution in [0.5, 0.6) is 0 Å². The van der Waals surface area contributed by atoms with Crippen molar-refractivity contribution < 1.29 is 0 Å². The van der Waals surface area contributed by atoms with Crippen LogP contribution in [0.15, 0.2) is 0 Å². The minimum Gasteiger partial charge on any atom is -0.0625 e. The molecule has 3 saturated carbocycles. The quantitative estimate of drug-likeness (QED) is 0.545. The largest absolute Gasteiger partial charge is 0.0625 e. The van der Waals surface area contributed by atoms with E-state index in [2.05, 4.69) is 13.8 Å². The number of hydrogen-bond acceptors (Lipinski definition) is 0. The maximum absolute atomic E-state index is 2.53. The van der Waals surface area contributed by atoms with Gasteiger partial charge in [0.25, 0.3) is 0 Å². The van der Waals surface area contributed by atoms with Gasteiger partial charge in [0.1, 0.15) is 0 Å². The average molecular weight is 220 g/mol. The summed E-state index contributed by atoms with van der Waals surface area (Å²) in [5.41, 5.74) is 0. The van der Waals surface area contributed by atoms with Gasteiger partial charge in [0.05, 0.1) is 0 Å². The molecule has 0 aliphatic heterocycles. The predicted molar refractivity (Wildman–Crippen MR) is 69.2 cm³/mol. The summed E-state index contributed by atoms with van der Waals surface area (Å²) in [4.78, 5) is 0. The van der Waals surface area contributed by atoms with Crippen LogP contribution < -0.4 is 0 Å². The van der Waals surface area contributed by atoms with Crippen molar-refractivity contribution in [3.63, 3.8) is 0 Å². The van der Waals surface area contributed by atoms with Crippen LogP contribution in [0.1, 0.15) is 65.2 Å². The van der Waals surface area contributed by atoms with Gasteiger partial charge in [0.15, 0.2) is 0 Å². The summed E-state index contributed by atoms with van der Waals surface area (Å²) in [6.45, 7) is 5.01. The van der Waals surface area contributed by atoms with Crippen molar-refractivity contribution in [2.45, 2.75) is 65.2 Å². The molecule has 3 aliphatic carbocycles. The van der Waals surface area contributed by atoms with Crippen LogP contribution in [0, 0.1) is 35.5 Å². The molecule has 5 unspecified atom stereocenters. The van der Waals surface area contributed by atoms with E-state index in [9.17, 15) is 0 Å². The Morgan fingerprint density at radius 1 is 0.688 bits per heavy atom. The van der Waals surface area contributed by atoms with Crippen molar-refractivity contribution in [1.82, 2.24) is 0 Å². The lowest BCUT2D eigenvalue weighted by atomic mass is 9.54. The summed E-state index contributed by atoms with van der Waals surface area (Å²) in [5, 5.41) is 0. The molecule has 0 nitrogen and oxygen atoms in total. The van der Waals surface area contributed by atoms with Crippen LogP contribution >= 0.6 is 0 Å². The summed E-state index contributed by atoms with van der Waals surface area (Å²) >= 11 is 0. The molecule has 0 radical (unpaired) electrons. The number of fused-ring (bicyclic) bond motifs is 3. The molecule has 0 spiro atoms. The smallest absolute Gasteiger partial charge is 0.0352 e. The Morgan fingerprint density at radius 2 is 1.50 bits per heavy atom. The van der Waals surface area contributed by atoms with Crippen LogP contribution in [0.3, 0.4) is 0 Å².